The number of hydrogen-bond donors (Lipinski definition) is 2. The van der Waals surface area contributed by atoms with Gasteiger partial charge in [0.1, 0.15) is 6.04 Å². The third-order valence-electron chi connectivity index (χ3n) is 6.77. The van der Waals surface area contributed by atoms with Crippen molar-refractivity contribution in [3.63, 3.8) is 0 Å². The van der Waals surface area contributed by atoms with Crippen molar-refractivity contribution >= 4 is 17.6 Å². The van der Waals surface area contributed by atoms with E-state index in [2.05, 4.69) is 22.5 Å². The highest BCUT2D eigenvalue weighted by Crippen LogP contribution is 2.32. The average molecular weight is 464 g/mol. The van der Waals surface area contributed by atoms with E-state index >= 15 is 0 Å². The minimum Gasteiger partial charge on any atom is -0.349 e. The summed E-state index contributed by atoms with van der Waals surface area (Å²) in [6, 6.07) is 12.4. The minimum absolute atomic E-state index is 0.0845. The van der Waals surface area contributed by atoms with Gasteiger partial charge in [-0.1, -0.05) is 56.5 Å². The maximum atomic E-state index is 13.0. The topological polar surface area (TPSA) is 88.2 Å². The van der Waals surface area contributed by atoms with Gasteiger partial charge in [0.15, 0.2) is 0 Å². The number of rotatable bonds is 12. The molecule has 0 spiro atoms. The van der Waals surface area contributed by atoms with Crippen molar-refractivity contribution in [1.29, 1.82) is 0 Å². The van der Waals surface area contributed by atoms with Crippen molar-refractivity contribution in [1.82, 2.24) is 15.6 Å². The molecule has 0 bridgehead atoms. The molecule has 182 valence electrons. The van der Waals surface area contributed by atoms with E-state index in [0.29, 0.717) is 25.3 Å². The van der Waals surface area contributed by atoms with Crippen LogP contribution in [-0.2, 0) is 27.2 Å². The summed E-state index contributed by atoms with van der Waals surface area (Å²) in [6.07, 6.45) is 11.8. The van der Waals surface area contributed by atoms with Crippen LogP contribution in [0.3, 0.4) is 0 Å². The molecule has 0 radical (unpaired) electrons. The number of carbonyl (C=O) groups is 3. The van der Waals surface area contributed by atoms with E-state index < -0.39 is 17.7 Å². The summed E-state index contributed by atoms with van der Waals surface area (Å²) in [5, 5.41) is 5.64. The molecule has 1 aromatic carbocycles. The van der Waals surface area contributed by atoms with Crippen LogP contribution in [0.15, 0.2) is 54.9 Å². The van der Waals surface area contributed by atoms with Crippen molar-refractivity contribution in [3.8, 4) is 0 Å². The molecule has 1 unspecified atom stereocenters. The number of unbranched alkanes of at least 4 members (excludes halogenated alkanes) is 1. The van der Waals surface area contributed by atoms with Gasteiger partial charge < -0.3 is 10.6 Å². The van der Waals surface area contributed by atoms with Crippen LogP contribution < -0.4 is 10.6 Å². The fourth-order valence-corrected chi connectivity index (χ4v) is 4.67. The second kappa shape index (κ2) is 13.6. The number of nitrogens with one attached hydrogen (secondary N) is 2. The molecule has 3 rings (SSSR count). The van der Waals surface area contributed by atoms with E-state index in [1.807, 2.05) is 42.5 Å². The van der Waals surface area contributed by atoms with Gasteiger partial charge in [-0.2, -0.15) is 0 Å². The molecule has 6 heteroatoms. The molecule has 0 saturated heterocycles. The van der Waals surface area contributed by atoms with E-state index in [0.717, 1.165) is 36.8 Å². The van der Waals surface area contributed by atoms with Crippen LogP contribution in [0.1, 0.15) is 63.0 Å². The summed E-state index contributed by atoms with van der Waals surface area (Å²) in [6.45, 7) is 2.56. The summed E-state index contributed by atoms with van der Waals surface area (Å²) in [5.41, 5.74) is 1.94. The smallest absolute Gasteiger partial charge is 0.289 e. The summed E-state index contributed by atoms with van der Waals surface area (Å²) >= 11 is 0. The van der Waals surface area contributed by atoms with Gasteiger partial charge >= 0.3 is 0 Å². The first kappa shape index (κ1) is 25.6. The molecule has 6 nitrogen and oxygen atoms in total. The molecule has 1 aliphatic rings. The third kappa shape index (κ3) is 8.08. The minimum atomic E-state index is -0.867. The first-order valence-corrected chi connectivity index (χ1v) is 12.6. The Kier molecular flexibility index (Phi) is 10.3. The van der Waals surface area contributed by atoms with Crippen molar-refractivity contribution in [2.45, 2.75) is 70.8 Å². The Morgan fingerprint density at radius 3 is 2.35 bits per heavy atom. The van der Waals surface area contributed by atoms with E-state index in [1.165, 1.54) is 19.3 Å². The van der Waals surface area contributed by atoms with Crippen LogP contribution in [0.2, 0.25) is 0 Å². The second-order valence-electron chi connectivity index (χ2n) is 9.34. The van der Waals surface area contributed by atoms with Crippen molar-refractivity contribution in [3.05, 3.63) is 66.0 Å². The van der Waals surface area contributed by atoms with Crippen molar-refractivity contribution < 1.29 is 14.4 Å². The quantitative estimate of drug-likeness (QED) is 0.465. The zero-order chi connectivity index (χ0) is 24.2. The van der Waals surface area contributed by atoms with Crippen LogP contribution in [0, 0.1) is 11.8 Å². The number of benzene rings is 1. The molecule has 1 saturated carbocycles. The lowest BCUT2D eigenvalue weighted by atomic mass is 9.79. The second-order valence-corrected chi connectivity index (χ2v) is 9.34. The van der Waals surface area contributed by atoms with Gasteiger partial charge in [0, 0.05) is 31.3 Å². The number of pyridine rings is 1. The van der Waals surface area contributed by atoms with Gasteiger partial charge in [0.2, 0.25) is 11.7 Å². The molecule has 34 heavy (non-hydrogen) atoms. The van der Waals surface area contributed by atoms with Crippen LogP contribution in [0.25, 0.3) is 0 Å². The Hall–Kier alpha value is -3.02. The Labute approximate surface area is 202 Å². The number of Topliss-reactive ketones (excluding diaryl/α,β-unsaturated/α-hetero) is 1. The number of hydrogen-bond acceptors (Lipinski definition) is 4. The zero-order valence-electron chi connectivity index (χ0n) is 20.2. The summed E-state index contributed by atoms with van der Waals surface area (Å²) < 4.78 is 0. The van der Waals surface area contributed by atoms with Crippen LogP contribution >= 0.6 is 0 Å². The van der Waals surface area contributed by atoms with Crippen LogP contribution in [-0.4, -0.2) is 35.2 Å². The Balaban J connectivity index is 1.57. The van der Waals surface area contributed by atoms with Gasteiger partial charge in [-0.3, -0.25) is 19.4 Å². The summed E-state index contributed by atoms with van der Waals surface area (Å²) in [4.78, 5) is 42.7. The first-order valence-electron chi connectivity index (χ1n) is 12.6. The average Bonchev–Trinajstić information content (AvgIpc) is 2.88. The van der Waals surface area contributed by atoms with E-state index in [1.54, 1.807) is 12.4 Å². The molecule has 1 aliphatic carbocycles. The molecule has 2 amide bonds. The lowest BCUT2D eigenvalue weighted by molar-refractivity contribution is -0.140. The maximum absolute atomic E-state index is 13.0. The van der Waals surface area contributed by atoms with Crippen LogP contribution in [0.4, 0.5) is 0 Å². The van der Waals surface area contributed by atoms with Crippen molar-refractivity contribution in [2.75, 3.05) is 6.54 Å². The zero-order valence-corrected chi connectivity index (χ0v) is 20.2. The van der Waals surface area contributed by atoms with Crippen molar-refractivity contribution in [2.24, 2.45) is 11.8 Å². The van der Waals surface area contributed by atoms with E-state index in [9.17, 15) is 14.4 Å². The van der Waals surface area contributed by atoms with Gasteiger partial charge in [-0.25, -0.2) is 0 Å². The van der Waals surface area contributed by atoms with Gasteiger partial charge in [0.25, 0.3) is 5.91 Å². The molecule has 0 aliphatic heterocycles. The van der Waals surface area contributed by atoms with Gasteiger partial charge in [0.05, 0.1) is 0 Å². The molecule has 1 heterocycles. The Morgan fingerprint density at radius 2 is 1.68 bits per heavy atom. The summed E-state index contributed by atoms with van der Waals surface area (Å²) in [7, 11) is 0. The molecular formula is C28H37N3O3. The highest BCUT2D eigenvalue weighted by Gasteiger charge is 2.31. The number of aromatic nitrogens is 1. The summed E-state index contributed by atoms with van der Waals surface area (Å²) in [5.74, 6) is -0.731. The molecule has 2 aromatic rings. The van der Waals surface area contributed by atoms with Gasteiger partial charge in [-0.15, -0.1) is 0 Å². The lowest BCUT2D eigenvalue weighted by Gasteiger charge is -2.29. The largest absolute Gasteiger partial charge is 0.349 e. The highest BCUT2D eigenvalue weighted by molar-refractivity contribution is 6.38. The predicted molar refractivity (Wildman–Crippen MR) is 133 cm³/mol. The Bertz CT molecular complexity index is 909. The molecular weight excluding hydrogens is 426 g/mol. The number of nitrogens with zero attached hydrogens (tertiary/aromatic N) is 1. The van der Waals surface area contributed by atoms with E-state index in [-0.39, 0.29) is 11.8 Å². The normalized spacial score (nSPS) is 18.6. The first-order chi connectivity index (χ1) is 16.6. The number of amides is 2. The third-order valence-corrected chi connectivity index (χ3v) is 6.77. The van der Waals surface area contributed by atoms with Gasteiger partial charge in [-0.05, 0) is 61.3 Å². The van der Waals surface area contributed by atoms with E-state index in [4.69, 9.17) is 0 Å². The molecule has 1 aromatic heterocycles. The fourth-order valence-electron chi connectivity index (χ4n) is 4.67. The lowest BCUT2D eigenvalue weighted by Crippen LogP contribution is -2.50. The standard InChI is InChI=1S/C28H37N3O3/c1-2-3-7-21-10-12-24(13-11-21)27(33)31-25(20-23-8-5-4-6-9-23)26(32)28(34)30-19-16-22-14-17-29-18-15-22/h4-6,8-9,14-15,17-18,21,24-25H,2-3,7,10-13,16,19-20H2,1H3,(H,30,34)(H,31,33). The maximum Gasteiger partial charge on any atom is 0.289 e. The van der Waals surface area contributed by atoms with Crippen LogP contribution in [0.5, 0.6) is 0 Å². The molecule has 1 atom stereocenters. The number of ketones is 1. The SMILES string of the molecule is CCCCC1CCC(C(=O)NC(Cc2ccccc2)C(=O)C(=O)NCCc2ccncc2)CC1. The monoisotopic (exact) mass is 463 g/mol. The number of carbonyl (C=O) groups excluding carboxylic acids is 3. The molecule has 1 fully saturated rings. The predicted octanol–water partition coefficient (Wildman–Crippen LogP) is 4.03. The highest BCUT2D eigenvalue weighted by atomic mass is 16.2. The Morgan fingerprint density at radius 1 is 0.971 bits per heavy atom. The fraction of sp³-hybridized carbons (Fsp3) is 0.500. The molecule has 2 N–H and O–H groups in total.